The van der Waals surface area contributed by atoms with Crippen molar-refractivity contribution in [3.05, 3.63) is 24.3 Å². The van der Waals surface area contributed by atoms with Crippen LogP contribution < -0.4 is 4.90 Å². The third-order valence-electron chi connectivity index (χ3n) is 2.34. The Hall–Kier alpha value is -1.60. The molecule has 1 N–H and O–H groups in total. The van der Waals surface area contributed by atoms with Crippen LogP contribution in [0.5, 0.6) is 0 Å². The van der Waals surface area contributed by atoms with Gasteiger partial charge in [0.25, 0.3) is 14.2 Å². The lowest BCUT2D eigenvalue weighted by Crippen LogP contribution is -2.07. The Morgan fingerprint density at radius 1 is 1.22 bits per heavy atom. The minimum atomic E-state index is -3.88. The highest BCUT2D eigenvalue weighted by Gasteiger charge is 2.16. The summed E-state index contributed by atoms with van der Waals surface area (Å²) in [6.45, 7) is 0. The number of benzene rings is 1. The number of nitrogens with one attached hydrogen (secondary N) is 1. The molecule has 0 spiro atoms. The number of hydrogen-bond acceptors (Lipinski definition) is 5. The molecule has 0 saturated heterocycles. The maximum Gasteiger partial charge on any atom is 0.296 e. The van der Waals surface area contributed by atoms with Crippen LogP contribution in [0.3, 0.4) is 0 Å². The lowest BCUT2D eigenvalue weighted by molar-refractivity contribution is 0.602. The third-order valence-corrected chi connectivity index (χ3v) is 3.42. The minimum absolute atomic E-state index is 0.291. The Kier molecular flexibility index (Phi) is 3.27. The fourth-order valence-electron chi connectivity index (χ4n) is 1.39. The van der Waals surface area contributed by atoms with Crippen molar-refractivity contribution in [1.82, 2.24) is 15.2 Å². The second kappa shape index (κ2) is 4.58. The first kappa shape index (κ1) is 12.8. The van der Waals surface area contributed by atoms with Crippen LogP contribution in [0.4, 0.5) is 5.69 Å². The van der Waals surface area contributed by atoms with E-state index in [1.165, 1.54) is 0 Å². The van der Waals surface area contributed by atoms with Crippen molar-refractivity contribution in [2.45, 2.75) is 5.16 Å². The van der Waals surface area contributed by atoms with Crippen molar-refractivity contribution in [3.8, 4) is 11.4 Å². The quantitative estimate of drug-likeness (QED) is 0.864. The van der Waals surface area contributed by atoms with E-state index in [-0.39, 0.29) is 5.16 Å². The molecule has 0 saturated carbocycles. The molecule has 1 heterocycles. The second-order valence-electron chi connectivity index (χ2n) is 3.84. The van der Waals surface area contributed by atoms with Gasteiger partial charge in [0.1, 0.15) is 0 Å². The van der Waals surface area contributed by atoms with Gasteiger partial charge in [0.05, 0.1) is 0 Å². The van der Waals surface area contributed by atoms with Crippen molar-refractivity contribution in [2.24, 2.45) is 0 Å². The number of hydrogen-bond donors (Lipinski definition) is 1. The SMILES string of the molecule is CN(C)c1ccc(-c2n[nH]c(S(=O)(=O)Cl)n2)cc1. The van der Waals surface area contributed by atoms with Crippen molar-refractivity contribution >= 4 is 25.4 Å². The van der Waals surface area contributed by atoms with Crippen LogP contribution in [0.25, 0.3) is 11.4 Å². The van der Waals surface area contributed by atoms with Crippen molar-refractivity contribution in [1.29, 1.82) is 0 Å². The number of anilines is 1. The summed E-state index contributed by atoms with van der Waals surface area (Å²) in [5.41, 5.74) is 1.74. The van der Waals surface area contributed by atoms with E-state index < -0.39 is 9.05 Å². The van der Waals surface area contributed by atoms with E-state index in [2.05, 4.69) is 15.2 Å². The zero-order valence-corrected chi connectivity index (χ0v) is 11.3. The third kappa shape index (κ3) is 2.62. The van der Waals surface area contributed by atoms with Gasteiger partial charge < -0.3 is 4.90 Å². The maximum atomic E-state index is 11.0. The van der Waals surface area contributed by atoms with Crippen LogP contribution in [0, 0.1) is 0 Å². The average molecular weight is 287 g/mol. The molecule has 8 heteroatoms. The summed E-state index contributed by atoms with van der Waals surface area (Å²) < 4.78 is 22.1. The number of aromatic amines is 1. The van der Waals surface area contributed by atoms with Crippen molar-refractivity contribution < 1.29 is 8.42 Å². The van der Waals surface area contributed by atoms with Gasteiger partial charge in [-0.3, -0.25) is 0 Å². The van der Waals surface area contributed by atoms with Crippen LogP contribution >= 0.6 is 10.7 Å². The van der Waals surface area contributed by atoms with E-state index in [4.69, 9.17) is 10.7 Å². The molecule has 1 aromatic carbocycles. The van der Waals surface area contributed by atoms with Gasteiger partial charge in [-0.05, 0) is 24.3 Å². The lowest BCUT2D eigenvalue weighted by Gasteiger charge is -2.11. The average Bonchev–Trinajstić information content (AvgIpc) is 2.78. The molecule has 18 heavy (non-hydrogen) atoms. The molecule has 0 unspecified atom stereocenters. The van der Waals surface area contributed by atoms with E-state index in [1.807, 2.05) is 43.3 Å². The smallest absolute Gasteiger partial charge is 0.296 e. The Balaban J connectivity index is 2.35. The Morgan fingerprint density at radius 3 is 2.28 bits per heavy atom. The first-order valence-electron chi connectivity index (χ1n) is 5.03. The van der Waals surface area contributed by atoms with Crippen molar-refractivity contribution in [3.63, 3.8) is 0 Å². The van der Waals surface area contributed by atoms with Crippen LogP contribution in [0.1, 0.15) is 0 Å². The van der Waals surface area contributed by atoms with Gasteiger partial charge in [-0.25, -0.2) is 13.5 Å². The van der Waals surface area contributed by atoms with Gasteiger partial charge in [-0.2, -0.15) is 10.1 Å². The maximum absolute atomic E-state index is 11.0. The zero-order valence-electron chi connectivity index (χ0n) is 9.75. The molecule has 0 aliphatic heterocycles. The molecule has 2 aromatic rings. The summed E-state index contributed by atoms with van der Waals surface area (Å²) in [7, 11) is 5.14. The van der Waals surface area contributed by atoms with Gasteiger partial charge in [0, 0.05) is 36.0 Å². The van der Waals surface area contributed by atoms with E-state index in [0.29, 0.717) is 11.4 Å². The summed E-state index contributed by atoms with van der Waals surface area (Å²) in [5.74, 6) is 0.291. The van der Waals surface area contributed by atoms with Crippen LogP contribution in [0.2, 0.25) is 0 Å². The first-order valence-corrected chi connectivity index (χ1v) is 7.33. The fraction of sp³-hybridized carbons (Fsp3) is 0.200. The molecule has 2 rings (SSSR count). The molecular formula is C10H11ClN4O2S. The standard InChI is InChI=1S/C10H11ClN4O2S/c1-15(2)8-5-3-7(4-6-8)9-12-10(14-13-9)18(11,16)17/h3-6H,1-2H3,(H,12,13,14). The molecule has 0 aliphatic carbocycles. The van der Waals surface area contributed by atoms with Gasteiger partial charge >= 0.3 is 0 Å². The van der Waals surface area contributed by atoms with Crippen LogP contribution in [0.15, 0.2) is 29.4 Å². The first-order chi connectivity index (χ1) is 8.38. The molecule has 0 amide bonds. The molecule has 0 bridgehead atoms. The Labute approximate surface area is 109 Å². The van der Waals surface area contributed by atoms with E-state index >= 15 is 0 Å². The molecule has 0 radical (unpaired) electrons. The highest BCUT2D eigenvalue weighted by atomic mass is 35.7. The molecule has 0 aliphatic rings. The van der Waals surface area contributed by atoms with E-state index in [0.717, 1.165) is 5.69 Å². The molecule has 0 atom stereocenters. The summed E-state index contributed by atoms with van der Waals surface area (Å²) >= 11 is 0. The highest BCUT2D eigenvalue weighted by molar-refractivity contribution is 8.13. The van der Waals surface area contributed by atoms with Crippen molar-refractivity contribution in [2.75, 3.05) is 19.0 Å². The summed E-state index contributed by atoms with van der Waals surface area (Å²) in [6.07, 6.45) is 0. The molecule has 1 aromatic heterocycles. The predicted octanol–water partition coefficient (Wildman–Crippen LogP) is 1.47. The van der Waals surface area contributed by atoms with Gasteiger partial charge in [0.15, 0.2) is 5.82 Å². The van der Waals surface area contributed by atoms with Gasteiger partial charge in [-0.15, -0.1) is 0 Å². The topological polar surface area (TPSA) is 79.0 Å². The number of rotatable bonds is 3. The van der Waals surface area contributed by atoms with E-state index in [1.54, 1.807) is 0 Å². The van der Waals surface area contributed by atoms with Crippen LogP contribution in [-0.2, 0) is 9.05 Å². The Bertz CT molecular complexity index is 649. The normalized spacial score (nSPS) is 11.5. The summed E-state index contributed by atoms with van der Waals surface area (Å²) in [5, 5.41) is 5.75. The molecule has 96 valence electrons. The molecule has 6 nitrogen and oxygen atoms in total. The fourth-order valence-corrected chi connectivity index (χ4v) is 1.95. The number of halogens is 1. The zero-order chi connectivity index (χ0) is 13.3. The summed E-state index contributed by atoms with van der Waals surface area (Å²) in [6, 6.07) is 7.40. The minimum Gasteiger partial charge on any atom is -0.378 e. The number of nitrogens with zero attached hydrogens (tertiary/aromatic N) is 3. The second-order valence-corrected chi connectivity index (χ2v) is 6.32. The van der Waals surface area contributed by atoms with Crippen LogP contribution in [-0.4, -0.2) is 37.7 Å². The van der Waals surface area contributed by atoms with Gasteiger partial charge in [-0.1, -0.05) is 0 Å². The van der Waals surface area contributed by atoms with Gasteiger partial charge in [0.2, 0.25) is 0 Å². The largest absolute Gasteiger partial charge is 0.378 e. The van der Waals surface area contributed by atoms with E-state index in [9.17, 15) is 8.42 Å². The predicted molar refractivity (Wildman–Crippen MR) is 69.2 cm³/mol. The number of H-pyrrole nitrogens is 1. The Morgan fingerprint density at radius 2 is 1.83 bits per heavy atom. The molecule has 0 fully saturated rings. The highest BCUT2D eigenvalue weighted by Crippen LogP contribution is 2.20. The monoisotopic (exact) mass is 286 g/mol. The summed E-state index contributed by atoms with van der Waals surface area (Å²) in [4.78, 5) is 5.78. The molecular weight excluding hydrogens is 276 g/mol. The lowest BCUT2D eigenvalue weighted by atomic mass is 10.2. The number of aromatic nitrogens is 3.